The van der Waals surface area contributed by atoms with Crippen molar-refractivity contribution < 1.29 is 48.0 Å². The van der Waals surface area contributed by atoms with Gasteiger partial charge in [0.2, 0.25) is 0 Å². The van der Waals surface area contributed by atoms with E-state index in [0.717, 1.165) is 3.63 Å². The molecule has 1 saturated heterocycles. The van der Waals surface area contributed by atoms with E-state index in [-0.39, 0.29) is 24.8 Å². The molecule has 0 radical (unpaired) electrons. The van der Waals surface area contributed by atoms with Crippen molar-refractivity contribution in [3.63, 3.8) is 0 Å². The number of fused-ring (bicyclic) bond motifs is 4. The average Bonchev–Trinajstić information content (AvgIpc) is 3.04. The zero-order valence-corrected chi connectivity index (χ0v) is 19.8. The molecule has 0 aromatic rings. The van der Waals surface area contributed by atoms with Gasteiger partial charge in [0.05, 0.1) is 0 Å². The van der Waals surface area contributed by atoms with Crippen LogP contribution in [0.3, 0.4) is 0 Å². The van der Waals surface area contributed by atoms with Gasteiger partial charge in [0.1, 0.15) is 0 Å². The summed E-state index contributed by atoms with van der Waals surface area (Å²) in [6.45, 7) is 5.36. The van der Waals surface area contributed by atoms with Gasteiger partial charge < -0.3 is 24.8 Å². The van der Waals surface area contributed by atoms with Gasteiger partial charge in [0, 0.05) is 0 Å². The Balaban J connectivity index is 0.000000845. The Labute approximate surface area is 172 Å². The number of allylic oxidation sites excluding steroid dienone is 8. The van der Waals surface area contributed by atoms with Gasteiger partial charge in [0.25, 0.3) is 0 Å². The maximum absolute atomic E-state index is 2.74. The van der Waals surface area contributed by atoms with Crippen LogP contribution in [0.5, 0.6) is 0 Å². The fourth-order valence-electron chi connectivity index (χ4n) is 5.84. The molecule has 5 aliphatic rings. The van der Waals surface area contributed by atoms with Crippen LogP contribution in [-0.2, 0) is 23.2 Å². The zero-order chi connectivity index (χ0) is 14.9. The molecule has 0 aromatic carbocycles. The van der Waals surface area contributed by atoms with Crippen molar-refractivity contribution in [1.29, 1.82) is 0 Å². The van der Waals surface area contributed by atoms with E-state index in [4.69, 9.17) is 0 Å². The van der Waals surface area contributed by atoms with Crippen molar-refractivity contribution in [1.82, 2.24) is 0 Å². The summed E-state index contributed by atoms with van der Waals surface area (Å²) in [6.07, 6.45) is 17.0. The molecule has 0 aromatic heterocycles. The first-order valence-corrected chi connectivity index (χ1v) is 14.3. The van der Waals surface area contributed by atoms with E-state index in [2.05, 4.69) is 25.6 Å². The molecule has 1 heterocycles. The van der Waals surface area contributed by atoms with E-state index in [9.17, 15) is 0 Å². The first-order chi connectivity index (χ1) is 10.7. The van der Waals surface area contributed by atoms with Crippen LogP contribution in [0.4, 0.5) is 0 Å². The molecule has 4 aliphatic carbocycles. The minimum Gasteiger partial charge on any atom is -1.00 e. The molecular formula is C20H26Cl2SiZr. The second-order valence-corrected chi connectivity index (χ2v) is 15.5. The van der Waals surface area contributed by atoms with Crippen LogP contribution in [0.15, 0.2) is 44.8 Å². The molecule has 5 rings (SSSR count). The fraction of sp³-hybridized carbons (Fsp3) is 0.600. The normalized spacial score (nSPS) is 35.9. The molecule has 1 aliphatic heterocycles. The molecule has 128 valence electrons. The standard InChI is InChI=1S/C20H26Si.2ClH.Zr/c1-14-19-10-6-5-9-17(19)13-20(14)21(2)18-11-15-7-3-4-8-16(15)12-18;;;/h11-13,21H,3-10H2,1-2H3;2*1H;/q;;;+2/p-2. The van der Waals surface area contributed by atoms with Crippen LogP contribution in [0.1, 0.15) is 58.3 Å². The number of hydrogen-bond donors (Lipinski definition) is 0. The van der Waals surface area contributed by atoms with Crippen molar-refractivity contribution in [2.75, 3.05) is 0 Å². The van der Waals surface area contributed by atoms with Gasteiger partial charge in [-0.25, -0.2) is 0 Å². The van der Waals surface area contributed by atoms with Crippen LogP contribution in [-0.4, -0.2) is 8.80 Å². The van der Waals surface area contributed by atoms with Gasteiger partial charge in [-0.3, -0.25) is 0 Å². The molecule has 0 spiro atoms. The van der Waals surface area contributed by atoms with Gasteiger partial charge in [-0.2, -0.15) is 0 Å². The summed E-state index contributed by atoms with van der Waals surface area (Å²) < 4.78 is 1.66. The SMILES string of the molecule is C[SiH]1C2=CC3=C(CCCC3)[CH]2[Zr+2][C]2(C)C1=CC1=C2CCCC1.[Cl-].[Cl-]. The predicted octanol–water partition coefficient (Wildman–Crippen LogP) is -0.386. The van der Waals surface area contributed by atoms with Gasteiger partial charge in [-0.05, 0) is 0 Å². The first kappa shape index (κ1) is 19.4. The quantitative estimate of drug-likeness (QED) is 0.436. The third kappa shape index (κ3) is 2.62. The summed E-state index contributed by atoms with van der Waals surface area (Å²) in [5, 5.41) is 3.97. The van der Waals surface area contributed by atoms with Crippen molar-refractivity contribution in [2.24, 2.45) is 0 Å². The summed E-state index contributed by atoms with van der Waals surface area (Å²) in [4.78, 5) is 0. The minimum atomic E-state index is -0.855. The molecule has 0 N–H and O–H groups in total. The number of halogens is 2. The second kappa shape index (κ2) is 6.99. The van der Waals surface area contributed by atoms with Crippen molar-refractivity contribution in [2.45, 2.75) is 71.6 Å². The first-order valence-electron chi connectivity index (χ1n) is 9.34. The largest absolute Gasteiger partial charge is 1.00 e. The summed E-state index contributed by atoms with van der Waals surface area (Å²) in [7, 11) is -0.855. The molecule has 3 unspecified atom stereocenters. The number of rotatable bonds is 0. The molecule has 0 bridgehead atoms. The summed E-state index contributed by atoms with van der Waals surface area (Å²) in [5.41, 5.74) is 7.52. The Morgan fingerprint density at radius 2 is 1.62 bits per heavy atom. The molecule has 4 heteroatoms. The van der Waals surface area contributed by atoms with Crippen LogP contribution >= 0.6 is 0 Å². The smallest absolute Gasteiger partial charge is 1.00 e. The van der Waals surface area contributed by atoms with Crippen molar-refractivity contribution >= 4 is 8.80 Å². The van der Waals surface area contributed by atoms with Crippen molar-refractivity contribution in [3.05, 3.63) is 44.8 Å². The summed E-state index contributed by atoms with van der Waals surface area (Å²) in [6, 6.07) is 0. The summed E-state index contributed by atoms with van der Waals surface area (Å²) in [5.74, 6) is 0. The Morgan fingerprint density at radius 3 is 2.42 bits per heavy atom. The molecule has 1 fully saturated rings. The Morgan fingerprint density at radius 1 is 0.958 bits per heavy atom. The maximum Gasteiger partial charge on any atom is -1.00 e. The topological polar surface area (TPSA) is 0 Å². The molecule has 24 heavy (non-hydrogen) atoms. The van der Waals surface area contributed by atoms with Gasteiger partial charge in [-0.15, -0.1) is 0 Å². The second-order valence-electron chi connectivity index (χ2n) is 8.14. The van der Waals surface area contributed by atoms with Crippen LogP contribution in [0, 0.1) is 0 Å². The predicted molar refractivity (Wildman–Crippen MR) is 92.3 cm³/mol. The number of hydrogen-bond acceptors (Lipinski definition) is 0. The fourth-order valence-corrected chi connectivity index (χ4v) is 18.3. The van der Waals surface area contributed by atoms with E-state index < -0.39 is 32.0 Å². The zero-order valence-electron chi connectivity index (χ0n) is 14.7. The van der Waals surface area contributed by atoms with Gasteiger partial charge in [0.15, 0.2) is 0 Å². The van der Waals surface area contributed by atoms with E-state index >= 15 is 0 Å². The summed E-state index contributed by atoms with van der Waals surface area (Å²) >= 11 is -0.453. The maximum atomic E-state index is 2.74. The molecule has 0 saturated carbocycles. The third-order valence-electron chi connectivity index (χ3n) is 7.00. The van der Waals surface area contributed by atoms with Gasteiger partial charge >= 0.3 is 148 Å². The molecule has 3 atom stereocenters. The minimum absolute atomic E-state index is 0. The van der Waals surface area contributed by atoms with E-state index in [1.807, 2.05) is 32.7 Å². The Bertz CT molecular complexity index is 688. The Hall–Kier alpha value is 0.640. The average molecular weight is 457 g/mol. The molecule has 0 nitrogen and oxygen atoms in total. The molecule has 0 amide bonds. The monoisotopic (exact) mass is 454 g/mol. The van der Waals surface area contributed by atoms with Gasteiger partial charge in [-0.1, -0.05) is 0 Å². The third-order valence-corrected chi connectivity index (χ3v) is 17.0. The van der Waals surface area contributed by atoms with Crippen molar-refractivity contribution in [3.8, 4) is 0 Å². The van der Waals surface area contributed by atoms with E-state index in [0.29, 0.717) is 3.12 Å². The van der Waals surface area contributed by atoms with E-state index in [1.54, 1.807) is 0 Å². The van der Waals surface area contributed by atoms with Crippen LogP contribution in [0.25, 0.3) is 0 Å². The van der Waals surface area contributed by atoms with E-state index in [1.165, 1.54) is 51.4 Å². The van der Waals surface area contributed by atoms with Crippen LogP contribution < -0.4 is 24.8 Å². The van der Waals surface area contributed by atoms with Crippen LogP contribution in [0.2, 0.25) is 13.3 Å². The molecular weight excluding hydrogens is 430 g/mol. The Kier molecular flexibility index (Phi) is 5.65.